The van der Waals surface area contributed by atoms with Gasteiger partial charge in [0.2, 0.25) is 11.8 Å². The molecular weight excluding hydrogens is 445 g/mol. The summed E-state index contributed by atoms with van der Waals surface area (Å²) in [6.45, 7) is 3.37. The number of aryl methyl sites for hydroxylation is 1. The number of nitrogens with zero attached hydrogens (tertiary/aromatic N) is 2. The van der Waals surface area contributed by atoms with E-state index in [2.05, 4.69) is 5.32 Å². The third kappa shape index (κ3) is 5.09. The fourth-order valence-electron chi connectivity index (χ4n) is 3.96. The van der Waals surface area contributed by atoms with E-state index in [4.69, 9.17) is 11.6 Å². The van der Waals surface area contributed by atoms with Gasteiger partial charge in [-0.3, -0.25) is 14.4 Å². The van der Waals surface area contributed by atoms with Crippen molar-refractivity contribution in [1.29, 1.82) is 0 Å². The number of nitrogens with one attached hydrogen (secondary N) is 1. The minimum absolute atomic E-state index is 0.00407. The number of aromatic nitrogens is 1. The lowest BCUT2D eigenvalue weighted by Crippen LogP contribution is -2.43. The molecule has 2 amide bonds. The molecule has 0 saturated heterocycles. The Kier molecular flexibility index (Phi) is 6.51. The van der Waals surface area contributed by atoms with Crippen LogP contribution in [0.1, 0.15) is 41.3 Å². The second kappa shape index (κ2) is 9.35. The number of hydrogen-bond acceptors (Lipinski definition) is 3. The number of amides is 2. The third-order valence-corrected chi connectivity index (χ3v) is 6.14. The molecule has 6 nitrogen and oxygen atoms in total. The van der Waals surface area contributed by atoms with Gasteiger partial charge >= 0.3 is 0 Å². The number of hydrogen-bond donors (Lipinski definition) is 1. The summed E-state index contributed by atoms with van der Waals surface area (Å²) in [5.74, 6) is -1.20. The predicted octanol–water partition coefficient (Wildman–Crippen LogP) is 4.25. The lowest BCUT2D eigenvalue weighted by molar-refractivity contribution is -0.137. The highest BCUT2D eigenvalue weighted by Crippen LogP contribution is 2.28. The molecule has 0 radical (unpaired) electrons. The number of ketones is 1. The molecule has 1 aliphatic rings. The van der Waals surface area contributed by atoms with E-state index >= 15 is 0 Å². The highest BCUT2D eigenvalue weighted by molar-refractivity contribution is 6.30. The molecule has 0 aliphatic heterocycles. The van der Waals surface area contributed by atoms with Crippen LogP contribution in [0.3, 0.4) is 0 Å². The van der Waals surface area contributed by atoms with E-state index in [1.54, 1.807) is 27.8 Å². The minimum Gasteiger partial charge on any atom is -0.350 e. The molecule has 1 fully saturated rings. The first-order valence-corrected chi connectivity index (χ1v) is 11.2. The fraction of sp³-hybridized carbons (Fsp3) is 0.320. The number of benzene rings is 2. The molecule has 1 aliphatic carbocycles. The SMILES string of the molecule is CC(=O)c1cn(CC(=O)N(CC(=O)NCc2cccc(Cl)c2F)C2CC2)c2ccc(C)cc12. The summed E-state index contributed by atoms with van der Waals surface area (Å²) >= 11 is 5.79. The summed E-state index contributed by atoms with van der Waals surface area (Å²) in [4.78, 5) is 39.4. The van der Waals surface area contributed by atoms with Gasteiger partial charge in [-0.1, -0.05) is 35.4 Å². The van der Waals surface area contributed by atoms with Crippen LogP contribution in [0.2, 0.25) is 5.02 Å². The first-order valence-electron chi connectivity index (χ1n) is 10.8. The molecule has 0 unspecified atom stereocenters. The molecule has 0 bridgehead atoms. The summed E-state index contributed by atoms with van der Waals surface area (Å²) in [7, 11) is 0. The fourth-order valence-corrected chi connectivity index (χ4v) is 4.15. The topological polar surface area (TPSA) is 71.4 Å². The molecule has 1 N–H and O–H groups in total. The molecule has 1 aromatic heterocycles. The molecule has 172 valence electrons. The Bertz CT molecular complexity index is 1250. The highest BCUT2D eigenvalue weighted by atomic mass is 35.5. The maximum atomic E-state index is 14.1. The summed E-state index contributed by atoms with van der Waals surface area (Å²) in [5.41, 5.74) is 2.68. The van der Waals surface area contributed by atoms with Crippen molar-refractivity contribution in [2.75, 3.05) is 6.54 Å². The summed E-state index contributed by atoms with van der Waals surface area (Å²) in [6, 6.07) is 10.4. The van der Waals surface area contributed by atoms with Crippen LogP contribution in [-0.4, -0.2) is 39.7 Å². The van der Waals surface area contributed by atoms with E-state index in [1.165, 1.54) is 13.0 Å². The van der Waals surface area contributed by atoms with Crippen molar-refractivity contribution in [2.24, 2.45) is 0 Å². The van der Waals surface area contributed by atoms with Crippen molar-refractivity contribution < 1.29 is 18.8 Å². The van der Waals surface area contributed by atoms with Gasteiger partial charge in [0.25, 0.3) is 0 Å². The van der Waals surface area contributed by atoms with Crippen LogP contribution in [0.25, 0.3) is 10.9 Å². The van der Waals surface area contributed by atoms with Crippen molar-refractivity contribution >= 4 is 40.1 Å². The molecule has 0 spiro atoms. The van der Waals surface area contributed by atoms with E-state index in [0.29, 0.717) is 5.56 Å². The number of carbonyl (C=O) groups is 3. The van der Waals surface area contributed by atoms with Gasteiger partial charge in [-0.2, -0.15) is 0 Å². The average Bonchev–Trinajstić information content (AvgIpc) is 3.55. The zero-order chi connectivity index (χ0) is 23.7. The summed E-state index contributed by atoms with van der Waals surface area (Å²) < 4.78 is 15.8. The van der Waals surface area contributed by atoms with Crippen LogP contribution in [0.4, 0.5) is 4.39 Å². The zero-order valence-corrected chi connectivity index (χ0v) is 19.3. The second-order valence-electron chi connectivity index (χ2n) is 8.49. The Morgan fingerprint density at radius 1 is 1.21 bits per heavy atom. The van der Waals surface area contributed by atoms with Gasteiger partial charge in [-0.15, -0.1) is 0 Å². The number of halogens is 2. The predicted molar refractivity (Wildman–Crippen MR) is 125 cm³/mol. The Morgan fingerprint density at radius 3 is 2.67 bits per heavy atom. The van der Waals surface area contributed by atoms with E-state index in [0.717, 1.165) is 29.3 Å². The second-order valence-corrected chi connectivity index (χ2v) is 8.90. The largest absolute Gasteiger partial charge is 0.350 e. The Balaban J connectivity index is 1.47. The van der Waals surface area contributed by atoms with Gasteiger partial charge in [0.05, 0.1) is 11.6 Å². The van der Waals surface area contributed by atoms with Gasteiger partial charge in [0, 0.05) is 40.8 Å². The van der Waals surface area contributed by atoms with E-state index in [-0.39, 0.29) is 53.9 Å². The number of Topliss-reactive ketones (excluding diaryl/α,β-unsaturated/α-hetero) is 1. The lowest BCUT2D eigenvalue weighted by Gasteiger charge is -2.22. The Labute approximate surface area is 196 Å². The standard InChI is InChI=1S/C25H25ClFN3O3/c1-15-6-9-22-19(10-15)20(16(2)31)12-29(22)14-24(33)30(18-7-8-18)13-23(32)28-11-17-4-3-5-21(26)25(17)27/h3-6,9-10,12,18H,7-8,11,13-14H2,1-2H3,(H,28,32). The zero-order valence-electron chi connectivity index (χ0n) is 18.5. The van der Waals surface area contributed by atoms with Crippen LogP contribution in [0.5, 0.6) is 0 Å². The third-order valence-electron chi connectivity index (χ3n) is 5.85. The van der Waals surface area contributed by atoms with E-state index < -0.39 is 5.82 Å². The Morgan fingerprint density at radius 2 is 1.97 bits per heavy atom. The molecule has 8 heteroatoms. The summed E-state index contributed by atoms with van der Waals surface area (Å²) in [6.07, 6.45) is 3.38. The van der Waals surface area contributed by atoms with Crippen molar-refractivity contribution in [3.63, 3.8) is 0 Å². The quantitative estimate of drug-likeness (QED) is 0.501. The average molecular weight is 470 g/mol. The number of carbonyl (C=O) groups excluding carboxylic acids is 3. The first-order chi connectivity index (χ1) is 15.7. The molecular formula is C25H25ClFN3O3. The number of rotatable bonds is 8. The molecule has 33 heavy (non-hydrogen) atoms. The van der Waals surface area contributed by atoms with E-state index in [9.17, 15) is 18.8 Å². The molecule has 1 heterocycles. The van der Waals surface area contributed by atoms with Crippen LogP contribution in [0, 0.1) is 12.7 Å². The van der Waals surface area contributed by atoms with Crippen molar-refractivity contribution in [1.82, 2.24) is 14.8 Å². The first kappa shape index (κ1) is 23.0. The van der Waals surface area contributed by atoms with Gasteiger partial charge in [0.15, 0.2) is 5.78 Å². The monoisotopic (exact) mass is 469 g/mol. The highest BCUT2D eigenvalue weighted by Gasteiger charge is 2.34. The summed E-state index contributed by atoms with van der Waals surface area (Å²) in [5, 5.41) is 3.48. The van der Waals surface area contributed by atoms with Crippen molar-refractivity contribution in [3.8, 4) is 0 Å². The molecule has 1 saturated carbocycles. The number of fused-ring (bicyclic) bond motifs is 1. The van der Waals surface area contributed by atoms with Crippen LogP contribution in [0.15, 0.2) is 42.6 Å². The minimum atomic E-state index is -0.564. The lowest BCUT2D eigenvalue weighted by atomic mass is 10.1. The maximum Gasteiger partial charge on any atom is 0.243 e. The molecule has 2 aromatic carbocycles. The van der Waals surface area contributed by atoms with Gasteiger partial charge in [0.1, 0.15) is 12.4 Å². The van der Waals surface area contributed by atoms with Gasteiger partial charge in [-0.25, -0.2) is 4.39 Å². The normalized spacial score (nSPS) is 13.2. The van der Waals surface area contributed by atoms with Crippen LogP contribution < -0.4 is 5.32 Å². The molecule has 0 atom stereocenters. The molecule has 4 rings (SSSR count). The van der Waals surface area contributed by atoms with Gasteiger partial charge < -0.3 is 14.8 Å². The Hall–Kier alpha value is -3.19. The smallest absolute Gasteiger partial charge is 0.243 e. The van der Waals surface area contributed by atoms with Crippen molar-refractivity contribution in [2.45, 2.75) is 45.8 Å². The van der Waals surface area contributed by atoms with E-state index in [1.807, 2.05) is 25.1 Å². The van der Waals surface area contributed by atoms with Crippen LogP contribution >= 0.6 is 11.6 Å². The van der Waals surface area contributed by atoms with Gasteiger partial charge in [-0.05, 0) is 44.9 Å². The molecule has 3 aromatic rings. The van der Waals surface area contributed by atoms with Crippen LogP contribution in [-0.2, 0) is 22.7 Å². The van der Waals surface area contributed by atoms with Crippen molar-refractivity contribution in [3.05, 3.63) is 70.1 Å². The maximum absolute atomic E-state index is 14.1.